The predicted molar refractivity (Wildman–Crippen MR) is 77.8 cm³/mol. The van der Waals surface area contributed by atoms with Gasteiger partial charge in [0.15, 0.2) is 0 Å². The third kappa shape index (κ3) is 9.00. The van der Waals surface area contributed by atoms with Crippen molar-refractivity contribution in [2.45, 2.75) is 77.9 Å². The van der Waals surface area contributed by atoms with Gasteiger partial charge < -0.3 is 15.2 Å². The second-order valence-electron chi connectivity index (χ2n) is 5.13. The van der Waals surface area contributed by atoms with Crippen LogP contribution in [-0.2, 0) is 14.3 Å². The van der Waals surface area contributed by atoms with Crippen LogP contribution in [-0.4, -0.2) is 24.9 Å². The highest BCUT2D eigenvalue weighted by Crippen LogP contribution is 2.15. The standard InChI is InChI=1S/C15H31NO3/c1-4-6-8-10-12-18-15(3,14(16)17)19-13-11-9-7-5-2/h4-13H2,1-3H3,(H2,16,17). The van der Waals surface area contributed by atoms with E-state index in [4.69, 9.17) is 15.2 Å². The molecule has 4 heteroatoms. The smallest absolute Gasteiger partial charge is 0.277 e. The Balaban J connectivity index is 3.88. The summed E-state index contributed by atoms with van der Waals surface area (Å²) in [5.74, 6) is -1.81. The van der Waals surface area contributed by atoms with E-state index in [1.807, 2.05) is 0 Å². The largest absolute Gasteiger partial charge is 0.365 e. The zero-order valence-corrected chi connectivity index (χ0v) is 12.9. The van der Waals surface area contributed by atoms with Gasteiger partial charge in [-0.25, -0.2) is 0 Å². The molecule has 0 aliphatic rings. The third-order valence-corrected chi connectivity index (χ3v) is 3.20. The lowest BCUT2D eigenvalue weighted by atomic mass is 10.2. The fraction of sp³-hybridized carbons (Fsp3) is 0.933. The highest BCUT2D eigenvalue weighted by atomic mass is 16.7. The van der Waals surface area contributed by atoms with Gasteiger partial charge >= 0.3 is 0 Å². The van der Waals surface area contributed by atoms with Gasteiger partial charge in [0, 0.05) is 0 Å². The maximum absolute atomic E-state index is 11.4. The first-order valence-electron chi connectivity index (χ1n) is 7.64. The summed E-state index contributed by atoms with van der Waals surface area (Å²) in [5, 5.41) is 0. The topological polar surface area (TPSA) is 61.6 Å². The molecule has 0 atom stereocenters. The number of hydrogen-bond acceptors (Lipinski definition) is 3. The molecule has 0 aromatic heterocycles. The van der Waals surface area contributed by atoms with Crippen LogP contribution >= 0.6 is 0 Å². The van der Waals surface area contributed by atoms with Crippen LogP contribution in [0.25, 0.3) is 0 Å². The molecule has 0 saturated heterocycles. The molecule has 1 amide bonds. The molecule has 19 heavy (non-hydrogen) atoms. The van der Waals surface area contributed by atoms with Gasteiger partial charge in [0.2, 0.25) is 5.79 Å². The van der Waals surface area contributed by atoms with E-state index in [0.717, 1.165) is 25.7 Å². The number of nitrogens with two attached hydrogens (primary N) is 1. The first kappa shape index (κ1) is 18.4. The van der Waals surface area contributed by atoms with Crippen LogP contribution in [0.3, 0.4) is 0 Å². The van der Waals surface area contributed by atoms with Gasteiger partial charge in [-0.05, 0) is 19.8 Å². The van der Waals surface area contributed by atoms with Gasteiger partial charge in [-0.15, -0.1) is 0 Å². The molecule has 0 aromatic rings. The van der Waals surface area contributed by atoms with E-state index >= 15 is 0 Å². The fourth-order valence-corrected chi connectivity index (χ4v) is 1.78. The molecule has 0 aromatic carbocycles. The highest BCUT2D eigenvalue weighted by Gasteiger charge is 2.32. The lowest BCUT2D eigenvalue weighted by molar-refractivity contribution is -0.220. The van der Waals surface area contributed by atoms with Gasteiger partial charge in [-0.2, -0.15) is 0 Å². The molecule has 4 nitrogen and oxygen atoms in total. The number of rotatable bonds is 13. The molecule has 0 rings (SSSR count). The second-order valence-corrected chi connectivity index (χ2v) is 5.13. The zero-order valence-electron chi connectivity index (χ0n) is 12.9. The van der Waals surface area contributed by atoms with Gasteiger partial charge in [0.25, 0.3) is 5.91 Å². The Morgan fingerprint density at radius 1 is 0.895 bits per heavy atom. The highest BCUT2D eigenvalue weighted by molar-refractivity contribution is 5.81. The Morgan fingerprint density at radius 3 is 1.63 bits per heavy atom. The SMILES string of the molecule is CCCCCCOC(C)(OCCCCCC)C(N)=O. The Morgan fingerprint density at radius 2 is 1.32 bits per heavy atom. The molecule has 0 saturated carbocycles. The van der Waals surface area contributed by atoms with E-state index in [1.165, 1.54) is 25.7 Å². The summed E-state index contributed by atoms with van der Waals surface area (Å²) >= 11 is 0. The number of hydrogen-bond donors (Lipinski definition) is 1. The van der Waals surface area contributed by atoms with Crippen molar-refractivity contribution in [1.29, 1.82) is 0 Å². The molecule has 0 bridgehead atoms. The summed E-state index contributed by atoms with van der Waals surface area (Å²) in [6, 6.07) is 0. The number of carbonyl (C=O) groups excluding carboxylic acids is 1. The fourth-order valence-electron chi connectivity index (χ4n) is 1.78. The van der Waals surface area contributed by atoms with Crippen LogP contribution in [0, 0.1) is 0 Å². The van der Waals surface area contributed by atoms with E-state index in [1.54, 1.807) is 6.92 Å². The molecule has 0 aliphatic carbocycles. The van der Waals surface area contributed by atoms with Gasteiger partial charge in [-0.1, -0.05) is 52.4 Å². The lowest BCUT2D eigenvalue weighted by Crippen LogP contribution is -2.46. The number of amides is 1. The van der Waals surface area contributed by atoms with Crippen LogP contribution in [0.5, 0.6) is 0 Å². The number of unbranched alkanes of at least 4 members (excludes halogenated alkanes) is 6. The lowest BCUT2D eigenvalue weighted by Gasteiger charge is -2.26. The van der Waals surface area contributed by atoms with Crippen LogP contribution in [0.15, 0.2) is 0 Å². The van der Waals surface area contributed by atoms with E-state index < -0.39 is 11.7 Å². The van der Waals surface area contributed by atoms with Crippen LogP contribution in [0.2, 0.25) is 0 Å². The average Bonchev–Trinajstić information content (AvgIpc) is 2.38. The summed E-state index contributed by atoms with van der Waals surface area (Å²) in [6.45, 7) is 6.99. The summed E-state index contributed by atoms with van der Waals surface area (Å²) in [7, 11) is 0. The Labute approximate surface area is 118 Å². The maximum Gasteiger partial charge on any atom is 0.277 e. The molecule has 114 valence electrons. The number of ether oxygens (including phenoxy) is 2. The normalized spacial score (nSPS) is 11.7. The van der Waals surface area contributed by atoms with E-state index in [2.05, 4.69) is 13.8 Å². The monoisotopic (exact) mass is 273 g/mol. The van der Waals surface area contributed by atoms with Gasteiger partial charge in [0.1, 0.15) is 0 Å². The van der Waals surface area contributed by atoms with Crippen molar-refractivity contribution in [3.05, 3.63) is 0 Å². The minimum atomic E-state index is -1.27. The number of carbonyl (C=O) groups is 1. The Hall–Kier alpha value is -0.610. The summed E-state index contributed by atoms with van der Waals surface area (Å²) in [5.41, 5.74) is 5.36. The quantitative estimate of drug-likeness (QED) is 0.413. The maximum atomic E-state index is 11.4. The molecule has 0 aliphatic heterocycles. The van der Waals surface area contributed by atoms with Gasteiger partial charge in [-0.3, -0.25) is 4.79 Å². The van der Waals surface area contributed by atoms with E-state index in [0.29, 0.717) is 13.2 Å². The van der Waals surface area contributed by atoms with Crippen molar-refractivity contribution >= 4 is 5.91 Å². The molecular formula is C15H31NO3. The van der Waals surface area contributed by atoms with E-state index in [9.17, 15) is 4.79 Å². The van der Waals surface area contributed by atoms with Crippen molar-refractivity contribution in [3.63, 3.8) is 0 Å². The summed E-state index contributed by atoms with van der Waals surface area (Å²) in [6.07, 6.45) is 8.85. The van der Waals surface area contributed by atoms with Crippen molar-refractivity contribution in [1.82, 2.24) is 0 Å². The van der Waals surface area contributed by atoms with Crippen molar-refractivity contribution < 1.29 is 14.3 Å². The van der Waals surface area contributed by atoms with Crippen LogP contribution in [0.4, 0.5) is 0 Å². The first-order valence-corrected chi connectivity index (χ1v) is 7.64. The second kappa shape index (κ2) is 11.2. The molecule has 0 radical (unpaired) electrons. The van der Waals surface area contributed by atoms with Crippen LogP contribution < -0.4 is 5.73 Å². The zero-order chi connectivity index (χ0) is 14.6. The van der Waals surface area contributed by atoms with E-state index in [-0.39, 0.29) is 0 Å². The van der Waals surface area contributed by atoms with Crippen molar-refractivity contribution in [2.75, 3.05) is 13.2 Å². The molecule has 2 N–H and O–H groups in total. The molecular weight excluding hydrogens is 242 g/mol. The Bertz CT molecular complexity index is 217. The summed E-state index contributed by atoms with van der Waals surface area (Å²) in [4.78, 5) is 11.4. The van der Waals surface area contributed by atoms with Crippen molar-refractivity contribution in [3.8, 4) is 0 Å². The average molecular weight is 273 g/mol. The minimum Gasteiger partial charge on any atom is -0.365 e. The minimum absolute atomic E-state index is 0.522. The van der Waals surface area contributed by atoms with Crippen molar-refractivity contribution in [2.24, 2.45) is 5.73 Å². The summed E-state index contributed by atoms with van der Waals surface area (Å²) < 4.78 is 11.1. The molecule has 0 spiro atoms. The van der Waals surface area contributed by atoms with Gasteiger partial charge in [0.05, 0.1) is 13.2 Å². The molecule has 0 unspecified atom stereocenters. The molecule has 0 heterocycles. The predicted octanol–water partition coefficient (Wildman–Crippen LogP) is 3.38. The molecule has 0 fully saturated rings. The van der Waals surface area contributed by atoms with Crippen LogP contribution in [0.1, 0.15) is 72.1 Å². The Kier molecular flexibility index (Phi) is 10.9. The number of primary amides is 1. The first-order chi connectivity index (χ1) is 9.06. The third-order valence-electron chi connectivity index (χ3n) is 3.20.